The Bertz CT molecular complexity index is 630. The summed E-state index contributed by atoms with van der Waals surface area (Å²) in [5.74, 6) is 0.378. The first-order chi connectivity index (χ1) is 13.2. The van der Waals surface area contributed by atoms with Crippen LogP contribution in [-0.2, 0) is 15.8 Å². The largest absolute Gasteiger partial charge is 0.413 e. The van der Waals surface area contributed by atoms with Crippen molar-refractivity contribution in [3.63, 3.8) is 0 Å². The van der Waals surface area contributed by atoms with E-state index >= 15 is 0 Å². The molecule has 0 radical (unpaired) electrons. The Morgan fingerprint density at radius 1 is 1.14 bits per heavy atom. The van der Waals surface area contributed by atoms with Crippen LogP contribution in [0.5, 0.6) is 0 Å². The van der Waals surface area contributed by atoms with E-state index in [9.17, 15) is 4.79 Å². The number of likely N-dealkylation sites (tertiary alicyclic amines) is 1. The molecule has 0 bridgehead atoms. The minimum absolute atomic E-state index is 0.105. The first kappa shape index (κ1) is 23.3. The molecule has 0 N–H and O–H groups in total. The average Bonchev–Trinajstić information content (AvgIpc) is 2.66. The van der Waals surface area contributed by atoms with Crippen LogP contribution >= 0.6 is 0 Å². The van der Waals surface area contributed by atoms with Crippen molar-refractivity contribution in [3.05, 3.63) is 35.4 Å². The topological polar surface area (TPSA) is 29.5 Å². The summed E-state index contributed by atoms with van der Waals surface area (Å²) < 4.78 is 6.53. The quantitative estimate of drug-likeness (QED) is 0.441. The minimum Gasteiger partial charge on any atom is -0.413 e. The summed E-state index contributed by atoms with van der Waals surface area (Å²) in [6, 6.07) is 8.37. The van der Waals surface area contributed by atoms with Crippen LogP contribution in [0.2, 0.25) is 18.1 Å². The fourth-order valence-corrected chi connectivity index (χ4v) is 4.59. The van der Waals surface area contributed by atoms with Crippen molar-refractivity contribution in [2.24, 2.45) is 0 Å². The number of hydrogen-bond acceptors (Lipinski definition) is 3. The Labute approximate surface area is 174 Å². The van der Waals surface area contributed by atoms with Crippen molar-refractivity contribution in [2.45, 2.75) is 97.0 Å². The zero-order valence-corrected chi connectivity index (χ0v) is 20.0. The molecule has 1 saturated heterocycles. The van der Waals surface area contributed by atoms with Gasteiger partial charge in [0, 0.05) is 6.42 Å². The number of benzene rings is 1. The Kier molecular flexibility index (Phi) is 8.47. The maximum Gasteiger partial charge on any atom is 0.192 e. The molecule has 3 nitrogen and oxygen atoms in total. The molecular formula is C24H41NO2Si. The van der Waals surface area contributed by atoms with Gasteiger partial charge in [-0.3, -0.25) is 9.69 Å². The van der Waals surface area contributed by atoms with Crippen LogP contribution in [-0.4, -0.2) is 32.1 Å². The molecule has 0 spiro atoms. The number of nitrogens with zero attached hydrogens (tertiary/aromatic N) is 1. The number of ketones is 1. The molecule has 1 atom stereocenters. The number of piperidine rings is 1. The number of carbonyl (C=O) groups excluding carboxylic acids is 1. The predicted molar refractivity (Wildman–Crippen MR) is 121 cm³/mol. The highest BCUT2D eigenvalue weighted by atomic mass is 28.4. The molecule has 1 aliphatic rings. The highest BCUT2D eigenvalue weighted by Gasteiger charge is 2.37. The molecule has 1 aromatic carbocycles. The molecule has 28 heavy (non-hydrogen) atoms. The third-order valence-corrected chi connectivity index (χ3v) is 11.1. The standard InChI is InChI=1S/C24H41NO2Si/c1-7-8-16-22(26)23(25-17-12-9-13-18-25)21-15-11-10-14-20(21)19-27-28(5,6)24(2,3)4/h10-11,14-15,23H,7-9,12-13,16-19H2,1-6H3. The summed E-state index contributed by atoms with van der Waals surface area (Å²) in [5.41, 5.74) is 2.36. The van der Waals surface area contributed by atoms with E-state index in [0.29, 0.717) is 18.8 Å². The summed E-state index contributed by atoms with van der Waals surface area (Å²) in [7, 11) is -1.83. The first-order valence-electron chi connectivity index (χ1n) is 11.2. The smallest absolute Gasteiger partial charge is 0.192 e. The molecule has 0 aromatic heterocycles. The normalized spacial score (nSPS) is 17.5. The zero-order valence-electron chi connectivity index (χ0n) is 19.0. The molecule has 4 heteroatoms. The van der Waals surface area contributed by atoms with Gasteiger partial charge in [0.15, 0.2) is 14.1 Å². The van der Waals surface area contributed by atoms with E-state index in [2.05, 4.69) is 70.0 Å². The maximum atomic E-state index is 13.2. The monoisotopic (exact) mass is 403 g/mol. The third kappa shape index (κ3) is 6.01. The SMILES string of the molecule is CCCCC(=O)C(c1ccccc1CO[Si](C)(C)C(C)(C)C)N1CCCCC1. The van der Waals surface area contributed by atoms with Crippen LogP contribution in [0.15, 0.2) is 24.3 Å². The second-order valence-electron chi connectivity index (χ2n) is 9.82. The summed E-state index contributed by atoms with van der Waals surface area (Å²) >= 11 is 0. The van der Waals surface area contributed by atoms with E-state index in [1.165, 1.54) is 30.4 Å². The van der Waals surface area contributed by atoms with Gasteiger partial charge in [0.1, 0.15) is 0 Å². The number of carbonyl (C=O) groups is 1. The molecule has 1 heterocycles. The van der Waals surface area contributed by atoms with Crippen molar-refractivity contribution in [3.8, 4) is 0 Å². The number of rotatable bonds is 9. The van der Waals surface area contributed by atoms with Gasteiger partial charge in [-0.15, -0.1) is 0 Å². The summed E-state index contributed by atoms with van der Waals surface area (Å²) in [6.07, 6.45) is 6.39. The predicted octanol–water partition coefficient (Wildman–Crippen LogP) is 6.49. The van der Waals surface area contributed by atoms with Gasteiger partial charge in [-0.25, -0.2) is 0 Å². The molecule has 1 aliphatic heterocycles. The fourth-order valence-electron chi connectivity index (χ4n) is 3.65. The van der Waals surface area contributed by atoms with Crippen molar-refractivity contribution in [1.82, 2.24) is 4.90 Å². The van der Waals surface area contributed by atoms with E-state index in [0.717, 1.165) is 25.9 Å². The average molecular weight is 404 g/mol. The number of unbranched alkanes of at least 4 members (excludes halogenated alkanes) is 1. The third-order valence-electron chi connectivity index (χ3n) is 6.58. The Morgan fingerprint density at radius 3 is 2.39 bits per heavy atom. The van der Waals surface area contributed by atoms with Crippen LogP contribution in [0.4, 0.5) is 0 Å². The summed E-state index contributed by atoms with van der Waals surface area (Å²) in [6.45, 7) is 16.2. The van der Waals surface area contributed by atoms with Gasteiger partial charge in [0.05, 0.1) is 12.6 Å². The molecule has 0 saturated carbocycles. The van der Waals surface area contributed by atoms with Crippen molar-refractivity contribution < 1.29 is 9.22 Å². The molecule has 0 amide bonds. The second-order valence-corrected chi connectivity index (χ2v) is 14.6. The lowest BCUT2D eigenvalue weighted by Crippen LogP contribution is -2.41. The first-order valence-corrected chi connectivity index (χ1v) is 14.1. The Hall–Kier alpha value is -0.973. The highest BCUT2D eigenvalue weighted by Crippen LogP contribution is 2.38. The summed E-state index contributed by atoms with van der Waals surface area (Å²) in [4.78, 5) is 15.7. The van der Waals surface area contributed by atoms with Crippen LogP contribution in [0.1, 0.15) is 83.4 Å². The molecule has 1 fully saturated rings. The molecule has 1 unspecified atom stereocenters. The van der Waals surface area contributed by atoms with Gasteiger partial charge in [0.2, 0.25) is 0 Å². The van der Waals surface area contributed by atoms with Crippen LogP contribution in [0.3, 0.4) is 0 Å². The van der Waals surface area contributed by atoms with Gasteiger partial charge < -0.3 is 4.43 Å². The molecule has 2 rings (SSSR count). The van der Waals surface area contributed by atoms with Crippen molar-refractivity contribution in [2.75, 3.05) is 13.1 Å². The van der Waals surface area contributed by atoms with Gasteiger partial charge in [-0.1, -0.05) is 64.8 Å². The fraction of sp³-hybridized carbons (Fsp3) is 0.708. The van der Waals surface area contributed by atoms with Gasteiger partial charge in [-0.2, -0.15) is 0 Å². The Balaban J connectivity index is 2.29. The number of hydrogen-bond donors (Lipinski definition) is 0. The Morgan fingerprint density at radius 2 is 1.79 bits per heavy atom. The van der Waals surface area contributed by atoms with Gasteiger partial charge >= 0.3 is 0 Å². The van der Waals surface area contributed by atoms with E-state index in [1.807, 2.05) is 0 Å². The van der Waals surface area contributed by atoms with E-state index in [-0.39, 0.29) is 11.1 Å². The van der Waals surface area contributed by atoms with Crippen LogP contribution < -0.4 is 0 Å². The second kappa shape index (κ2) is 10.2. The molecule has 0 aliphatic carbocycles. The lowest BCUT2D eigenvalue weighted by Gasteiger charge is -2.37. The molecule has 158 valence electrons. The van der Waals surface area contributed by atoms with Crippen LogP contribution in [0.25, 0.3) is 0 Å². The number of Topliss-reactive ketones (excluding diaryl/α,β-unsaturated/α-hetero) is 1. The van der Waals surface area contributed by atoms with Crippen LogP contribution in [0, 0.1) is 0 Å². The van der Waals surface area contributed by atoms with Gasteiger partial charge in [-0.05, 0) is 61.6 Å². The molecular weight excluding hydrogens is 362 g/mol. The molecule has 1 aromatic rings. The van der Waals surface area contributed by atoms with E-state index in [4.69, 9.17) is 4.43 Å². The minimum atomic E-state index is -1.83. The van der Waals surface area contributed by atoms with E-state index in [1.54, 1.807) is 0 Å². The summed E-state index contributed by atoms with van der Waals surface area (Å²) in [5, 5.41) is 0.186. The van der Waals surface area contributed by atoms with E-state index < -0.39 is 8.32 Å². The lowest BCUT2D eigenvalue weighted by molar-refractivity contribution is -0.125. The van der Waals surface area contributed by atoms with Gasteiger partial charge in [0.25, 0.3) is 0 Å². The van der Waals surface area contributed by atoms with Crippen molar-refractivity contribution >= 4 is 14.1 Å². The van der Waals surface area contributed by atoms with Crippen molar-refractivity contribution in [1.29, 1.82) is 0 Å². The highest BCUT2D eigenvalue weighted by molar-refractivity contribution is 6.74. The zero-order chi connectivity index (χ0) is 20.8. The maximum absolute atomic E-state index is 13.2. The lowest BCUT2D eigenvalue weighted by atomic mass is 9.92.